The molecular weight excluding hydrogens is 266 g/mol. The molecular formula is C17H21NO3. The topological polar surface area (TPSA) is 57.6 Å². The molecule has 1 amide bonds. The third-order valence-corrected chi connectivity index (χ3v) is 4.99. The SMILES string of the molecule is CC1(C)[C@H](C(=O)O)[C@@H]1C(=O)N1CCCCc2ccccc21. The minimum Gasteiger partial charge on any atom is -0.481 e. The number of amides is 1. The maximum Gasteiger partial charge on any atom is 0.307 e. The molecule has 112 valence electrons. The molecule has 1 aliphatic heterocycles. The highest BCUT2D eigenvalue weighted by Gasteiger charge is 2.66. The molecule has 2 aliphatic rings. The Morgan fingerprint density at radius 1 is 1.19 bits per heavy atom. The Labute approximate surface area is 124 Å². The van der Waals surface area contributed by atoms with E-state index in [9.17, 15) is 14.7 Å². The molecule has 4 heteroatoms. The third-order valence-electron chi connectivity index (χ3n) is 4.99. The molecule has 4 nitrogen and oxygen atoms in total. The number of carboxylic acids is 1. The van der Waals surface area contributed by atoms with E-state index in [2.05, 4.69) is 6.07 Å². The lowest BCUT2D eigenvalue weighted by Crippen LogP contribution is -2.34. The Morgan fingerprint density at radius 2 is 1.90 bits per heavy atom. The summed E-state index contributed by atoms with van der Waals surface area (Å²) in [5.74, 6) is -1.84. The number of hydrogen-bond acceptors (Lipinski definition) is 2. The number of aliphatic carboxylic acids is 1. The van der Waals surface area contributed by atoms with Crippen LogP contribution in [0.15, 0.2) is 24.3 Å². The molecule has 0 aromatic heterocycles. The highest BCUT2D eigenvalue weighted by Crippen LogP contribution is 2.59. The second-order valence-electron chi connectivity index (χ2n) is 6.69. The summed E-state index contributed by atoms with van der Waals surface area (Å²) in [6, 6.07) is 7.97. The van der Waals surface area contributed by atoms with E-state index in [0.29, 0.717) is 6.54 Å². The highest BCUT2D eigenvalue weighted by molar-refractivity contribution is 6.02. The van der Waals surface area contributed by atoms with Crippen molar-refractivity contribution in [3.63, 3.8) is 0 Å². The summed E-state index contributed by atoms with van der Waals surface area (Å²) in [4.78, 5) is 26.0. The third kappa shape index (κ3) is 2.23. The number of rotatable bonds is 2. The Kier molecular flexibility index (Phi) is 3.27. The van der Waals surface area contributed by atoms with Gasteiger partial charge in [-0.15, -0.1) is 0 Å². The van der Waals surface area contributed by atoms with E-state index in [1.54, 1.807) is 0 Å². The van der Waals surface area contributed by atoms with E-state index >= 15 is 0 Å². The second kappa shape index (κ2) is 4.86. The first-order valence-electron chi connectivity index (χ1n) is 7.56. The zero-order valence-electron chi connectivity index (χ0n) is 12.5. The van der Waals surface area contributed by atoms with Crippen molar-refractivity contribution in [2.75, 3.05) is 11.4 Å². The van der Waals surface area contributed by atoms with Gasteiger partial charge in [0, 0.05) is 12.2 Å². The first-order chi connectivity index (χ1) is 9.94. The van der Waals surface area contributed by atoms with E-state index in [-0.39, 0.29) is 5.91 Å². The van der Waals surface area contributed by atoms with E-state index in [1.165, 1.54) is 5.56 Å². The van der Waals surface area contributed by atoms with Gasteiger partial charge >= 0.3 is 5.97 Å². The van der Waals surface area contributed by atoms with Crippen LogP contribution in [0.3, 0.4) is 0 Å². The van der Waals surface area contributed by atoms with Crippen LogP contribution in [0, 0.1) is 17.3 Å². The first-order valence-corrected chi connectivity index (χ1v) is 7.56. The van der Waals surface area contributed by atoms with Crippen LogP contribution in [-0.4, -0.2) is 23.5 Å². The monoisotopic (exact) mass is 287 g/mol. The molecule has 0 saturated heterocycles. The Hall–Kier alpha value is -1.84. The average molecular weight is 287 g/mol. The van der Waals surface area contributed by atoms with Crippen LogP contribution in [-0.2, 0) is 16.0 Å². The fraction of sp³-hybridized carbons (Fsp3) is 0.529. The first kappa shape index (κ1) is 14.1. The van der Waals surface area contributed by atoms with E-state index in [1.807, 2.05) is 36.9 Å². The zero-order chi connectivity index (χ0) is 15.2. The quantitative estimate of drug-likeness (QED) is 0.910. The Morgan fingerprint density at radius 3 is 2.57 bits per heavy atom. The molecule has 0 unspecified atom stereocenters. The minimum atomic E-state index is -0.860. The number of carbonyl (C=O) groups is 2. The predicted octanol–water partition coefficient (Wildman–Crippen LogP) is 2.71. The van der Waals surface area contributed by atoms with Crippen molar-refractivity contribution in [1.82, 2.24) is 0 Å². The molecule has 21 heavy (non-hydrogen) atoms. The Bertz CT molecular complexity index is 593. The normalized spacial score (nSPS) is 26.7. The lowest BCUT2D eigenvalue weighted by Gasteiger charge is -2.23. The number of para-hydroxylation sites is 1. The standard InChI is InChI=1S/C17H21NO3/c1-17(2)13(14(17)16(20)21)15(19)18-10-6-5-8-11-7-3-4-9-12(11)18/h3-4,7,9,13-14H,5-6,8,10H2,1-2H3,(H,20,21)/t13-,14+/m1/s1. The summed E-state index contributed by atoms with van der Waals surface area (Å²) in [7, 11) is 0. The number of nitrogens with zero attached hydrogens (tertiary/aromatic N) is 1. The molecule has 0 radical (unpaired) electrons. The number of aryl methyl sites for hydroxylation is 1. The van der Waals surface area contributed by atoms with Crippen molar-refractivity contribution in [2.24, 2.45) is 17.3 Å². The second-order valence-corrected chi connectivity index (χ2v) is 6.69. The minimum absolute atomic E-state index is 0.0262. The van der Waals surface area contributed by atoms with Crippen LogP contribution >= 0.6 is 0 Å². The molecule has 1 aliphatic carbocycles. The van der Waals surface area contributed by atoms with Crippen LogP contribution < -0.4 is 4.90 Å². The van der Waals surface area contributed by atoms with Gasteiger partial charge in [0.15, 0.2) is 0 Å². The lowest BCUT2D eigenvalue weighted by atomic mass is 10.1. The van der Waals surface area contributed by atoms with Crippen LogP contribution in [0.25, 0.3) is 0 Å². The number of carbonyl (C=O) groups excluding carboxylic acids is 1. The summed E-state index contributed by atoms with van der Waals surface area (Å²) in [5, 5.41) is 9.29. The lowest BCUT2D eigenvalue weighted by molar-refractivity contribution is -0.140. The van der Waals surface area contributed by atoms with Crippen molar-refractivity contribution < 1.29 is 14.7 Å². The number of carboxylic acid groups (broad SMARTS) is 1. The van der Waals surface area contributed by atoms with Gasteiger partial charge in [-0.3, -0.25) is 9.59 Å². The molecule has 1 N–H and O–H groups in total. The van der Waals surface area contributed by atoms with Crippen molar-refractivity contribution in [3.05, 3.63) is 29.8 Å². The van der Waals surface area contributed by atoms with Gasteiger partial charge in [0.25, 0.3) is 0 Å². The van der Waals surface area contributed by atoms with E-state index in [0.717, 1.165) is 24.9 Å². The van der Waals surface area contributed by atoms with Crippen LogP contribution in [0.4, 0.5) is 5.69 Å². The molecule has 1 aromatic rings. The number of hydrogen-bond donors (Lipinski definition) is 1. The molecule has 1 fully saturated rings. The van der Waals surface area contributed by atoms with Crippen molar-refractivity contribution in [2.45, 2.75) is 33.1 Å². The fourth-order valence-corrected chi connectivity index (χ4v) is 3.65. The molecule has 1 heterocycles. The highest BCUT2D eigenvalue weighted by atomic mass is 16.4. The number of anilines is 1. The maximum atomic E-state index is 12.9. The van der Waals surface area contributed by atoms with Crippen molar-refractivity contribution >= 4 is 17.6 Å². The van der Waals surface area contributed by atoms with Crippen LogP contribution in [0.2, 0.25) is 0 Å². The number of benzene rings is 1. The summed E-state index contributed by atoms with van der Waals surface area (Å²) < 4.78 is 0. The van der Waals surface area contributed by atoms with Gasteiger partial charge in [0.1, 0.15) is 0 Å². The van der Waals surface area contributed by atoms with Crippen molar-refractivity contribution in [3.8, 4) is 0 Å². The molecule has 2 atom stereocenters. The van der Waals surface area contributed by atoms with E-state index < -0.39 is 23.2 Å². The molecule has 1 aromatic carbocycles. The molecule has 3 rings (SSSR count). The molecule has 1 saturated carbocycles. The largest absolute Gasteiger partial charge is 0.481 e. The zero-order valence-corrected chi connectivity index (χ0v) is 12.5. The average Bonchev–Trinajstić information content (AvgIpc) is 3.08. The van der Waals surface area contributed by atoms with Crippen LogP contribution in [0.5, 0.6) is 0 Å². The fourth-order valence-electron chi connectivity index (χ4n) is 3.65. The van der Waals surface area contributed by atoms with Crippen molar-refractivity contribution in [1.29, 1.82) is 0 Å². The van der Waals surface area contributed by atoms with Gasteiger partial charge in [-0.1, -0.05) is 32.0 Å². The predicted molar refractivity (Wildman–Crippen MR) is 80.1 cm³/mol. The molecule has 0 bridgehead atoms. The summed E-state index contributed by atoms with van der Waals surface area (Å²) in [6.07, 6.45) is 3.01. The van der Waals surface area contributed by atoms with Gasteiger partial charge < -0.3 is 10.0 Å². The summed E-state index contributed by atoms with van der Waals surface area (Å²) in [5.41, 5.74) is 1.71. The van der Waals surface area contributed by atoms with Gasteiger partial charge in [-0.05, 0) is 36.3 Å². The Balaban J connectivity index is 1.91. The van der Waals surface area contributed by atoms with E-state index in [4.69, 9.17) is 0 Å². The smallest absolute Gasteiger partial charge is 0.307 e. The molecule has 0 spiro atoms. The van der Waals surface area contributed by atoms with Gasteiger partial charge in [-0.2, -0.15) is 0 Å². The van der Waals surface area contributed by atoms with Crippen LogP contribution in [0.1, 0.15) is 32.3 Å². The maximum absolute atomic E-state index is 12.9. The van der Waals surface area contributed by atoms with Gasteiger partial charge in [0.05, 0.1) is 11.8 Å². The van der Waals surface area contributed by atoms with Gasteiger partial charge in [-0.25, -0.2) is 0 Å². The summed E-state index contributed by atoms with van der Waals surface area (Å²) >= 11 is 0. The summed E-state index contributed by atoms with van der Waals surface area (Å²) in [6.45, 7) is 4.44. The number of fused-ring (bicyclic) bond motifs is 1. The van der Waals surface area contributed by atoms with Gasteiger partial charge in [0.2, 0.25) is 5.91 Å².